The first kappa shape index (κ1) is 29.4. The van der Waals surface area contributed by atoms with Crippen LogP contribution in [0.3, 0.4) is 0 Å². The Morgan fingerprint density at radius 1 is 1.24 bits per heavy atom. The van der Waals surface area contributed by atoms with Gasteiger partial charge in [0.15, 0.2) is 0 Å². The van der Waals surface area contributed by atoms with Gasteiger partial charge < -0.3 is 20.3 Å². The van der Waals surface area contributed by atoms with E-state index in [1.54, 1.807) is 30.6 Å². The predicted octanol–water partition coefficient (Wildman–Crippen LogP) is 2.48. The van der Waals surface area contributed by atoms with Crippen LogP contribution in [0.2, 0.25) is 0 Å². The first-order chi connectivity index (χ1) is 19.6. The monoisotopic (exact) mass is 584 g/mol. The number of nitriles is 1. The number of terminal acetylenes is 1. The molecule has 0 bridgehead atoms. The molecule has 3 aliphatic rings. The fourth-order valence-corrected chi connectivity index (χ4v) is 6.21. The van der Waals surface area contributed by atoms with Crippen molar-refractivity contribution in [1.82, 2.24) is 25.1 Å². The number of rotatable bonds is 8. The van der Waals surface area contributed by atoms with Gasteiger partial charge in [-0.25, -0.2) is 4.52 Å². The summed E-state index contributed by atoms with van der Waals surface area (Å²) in [6.07, 6.45) is 3.71. The number of alkyl halides is 3. The maximum absolute atomic E-state index is 13.9. The van der Waals surface area contributed by atoms with E-state index in [9.17, 15) is 32.8 Å². The molecule has 2 aliphatic carbocycles. The molecule has 0 aromatic carbocycles. The number of amides is 3. The summed E-state index contributed by atoms with van der Waals surface area (Å²) < 4.78 is 47.1. The van der Waals surface area contributed by atoms with Crippen LogP contribution in [0.15, 0.2) is 24.5 Å². The molecule has 1 saturated heterocycles. The summed E-state index contributed by atoms with van der Waals surface area (Å²) in [6, 6.07) is 1.47. The van der Waals surface area contributed by atoms with Crippen LogP contribution in [-0.4, -0.2) is 68.7 Å². The highest BCUT2D eigenvalue weighted by atomic mass is 19.4. The smallest absolute Gasteiger partial charge is 0.370 e. The molecule has 2 saturated carbocycles. The molecule has 6 atom stereocenters. The van der Waals surface area contributed by atoms with Crippen LogP contribution in [0.5, 0.6) is 0 Å². The number of likely N-dealkylation sites (tertiary alicyclic amines) is 1. The number of hydrogen-bond acceptors (Lipinski definition) is 6. The van der Waals surface area contributed by atoms with Gasteiger partial charge in [-0.05, 0) is 56.1 Å². The van der Waals surface area contributed by atoms with Gasteiger partial charge in [-0.15, -0.1) is 6.42 Å². The minimum Gasteiger partial charge on any atom is -0.370 e. The lowest BCUT2D eigenvalue weighted by molar-refractivity contribution is -0.177. The molecule has 3 fully saturated rings. The molecule has 42 heavy (non-hydrogen) atoms. The SMILES string of the molecule is C#Cc1cccn2ncc(C(C#N)NC(=O)C3C4C(CN3C(=O)C(NC(=O)C(F)(F)F)C(C)OC3(C)CC3)C4(C)C)c12. The normalized spacial score (nSPS) is 25.4. The summed E-state index contributed by atoms with van der Waals surface area (Å²) in [4.78, 5) is 40.9. The molecule has 5 rings (SSSR count). The van der Waals surface area contributed by atoms with Gasteiger partial charge in [-0.3, -0.25) is 14.4 Å². The van der Waals surface area contributed by atoms with E-state index in [0.29, 0.717) is 29.5 Å². The zero-order chi connectivity index (χ0) is 30.8. The number of pyridine rings is 1. The van der Waals surface area contributed by atoms with Crippen LogP contribution < -0.4 is 10.6 Å². The first-order valence-electron chi connectivity index (χ1n) is 13.6. The van der Waals surface area contributed by atoms with Gasteiger partial charge in [0.25, 0.3) is 0 Å². The number of carbonyl (C=O) groups excluding carboxylic acids is 3. The van der Waals surface area contributed by atoms with Gasteiger partial charge in [0.05, 0.1) is 35.1 Å². The van der Waals surface area contributed by atoms with Gasteiger partial charge >= 0.3 is 12.1 Å². The van der Waals surface area contributed by atoms with Gasteiger partial charge in [0.2, 0.25) is 11.8 Å². The number of piperidine rings is 1. The third-order valence-electron chi connectivity index (χ3n) is 8.92. The topological polar surface area (TPSA) is 129 Å². The largest absolute Gasteiger partial charge is 0.471 e. The Balaban J connectivity index is 1.43. The third kappa shape index (κ3) is 5.07. The van der Waals surface area contributed by atoms with Crippen molar-refractivity contribution in [2.75, 3.05) is 6.54 Å². The number of hydrogen-bond donors (Lipinski definition) is 2. The van der Waals surface area contributed by atoms with Crippen molar-refractivity contribution in [3.63, 3.8) is 0 Å². The highest BCUT2D eigenvalue weighted by molar-refractivity contribution is 5.95. The number of ether oxygens (including phenoxy) is 1. The zero-order valence-corrected chi connectivity index (χ0v) is 23.5. The van der Waals surface area contributed by atoms with E-state index in [4.69, 9.17) is 11.2 Å². The highest BCUT2D eigenvalue weighted by Crippen LogP contribution is 2.65. The zero-order valence-electron chi connectivity index (χ0n) is 23.5. The summed E-state index contributed by atoms with van der Waals surface area (Å²) in [5.74, 6) is -1.64. The minimum absolute atomic E-state index is 0.0982. The molecule has 13 heteroatoms. The third-order valence-corrected chi connectivity index (χ3v) is 8.92. The molecule has 222 valence electrons. The fourth-order valence-electron chi connectivity index (χ4n) is 6.21. The fraction of sp³-hybridized carbons (Fsp3) is 0.552. The van der Waals surface area contributed by atoms with E-state index in [1.807, 2.05) is 13.8 Å². The second-order valence-electron chi connectivity index (χ2n) is 12.1. The van der Waals surface area contributed by atoms with E-state index in [1.165, 1.54) is 22.5 Å². The number of nitrogens with one attached hydrogen (secondary N) is 2. The summed E-state index contributed by atoms with van der Waals surface area (Å²) in [6.45, 7) is 7.19. The van der Waals surface area contributed by atoms with Crippen LogP contribution in [0.1, 0.15) is 57.7 Å². The number of aromatic nitrogens is 2. The highest BCUT2D eigenvalue weighted by Gasteiger charge is 2.70. The number of carbonyl (C=O) groups is 3. The summed E-state index contributed by atoms with van der Waals surface area (Å²) in [5, 5.41) is 18.7. The second-order valence-corrected chi connectivity index (χ2v) is 12.1. The average Bonchev–Trinajstić information content (AvgIpc) is 3.56. The standard InChI is InChI=1S/C29H31F3N6O4/c1-6-16-8-7-11-38-22(16)17(13-34-38)19(12-33)35-24(39)23-20-18(27(20,3)4)14-37(23)25(40)21(36-26(41)29(30,31)32)15(2)42-28(5)9-10-28/h1,7-8,11,13,15,18-21,23H,9-10,14H2,2-5H3,(H,35,39)(H,36,41). The van der Waals surface area contributed by atoms with E-state index in [2.05, 4.69) is 22.4 Å². The molecule has 1 aliphatic heterocycles. The van der Waals surface area contributed by atoms with Crippen molar-refractivity contribution in [2.24, 2.45) is 17.3 Å². The van der Waals surface area contributed by atoms with Crippen LogP contribution in [-0.2, 0) is 19.1 Å². The Kier molecular flexibility index (Phi) is 7.01. The predicted molar refractivity (Wildman–Crippen MR) is 142 cm³/mol. The summed E-state index contributed by atoms with van der Waals surface area (Å²) in [5.41, 5.74) is 0.360. The number of nitrogens with zero attached hydrogens (tertiary/aromatic N) is 4. The molecule has 0 radical (unpaired) electrons. The molecule has 6 unspecified atom stereocenters. The lowest BCUT2D eigenvalue weighted by Crippen LogP contribution is -2.60. The van der Waals surface area contributed by atoms with Gasteiger partial charge in [-0.1, -0.05) is 19.8 Å². The number of halogens is 3. The van der Waals surface area contributed by atoms with Crippen molar-refractivity contribution >= 4 is 23.2 Å². The second kappa shape index (κ2) is 10.0. The number of fused-ring (bicyclic) bond motifs is 2. The van der Waals surface area contributed by atoms with Crippen molar-refractivity contribution in [3.05, 3.63) is 35.7 Å². The van der Waals surface area contributed by atoms with Crippen LogP contribution in [0, 0.1) is 40.9 Å². The maximum Gasteiger partial charge on any atom is 0.471 e. The van der Waals surface area contributed by atoms with Gasteiger partial charge in [0, 0.05) is 18.3 Å². The molecule has 2 aromatic rings. The molecular formula is C29H31F3N6O4. The minimum atomic E-state index is -5.22. The van der Waals surface area contributed by atoms with Crippen LogP contribution in [0.25, 0.3) is 5.52 Å². The van der Waals surface area contributed by atoms with Crippen LogP contribution >= 0.6 is 0 Å². The molecule has 0 spiro atoms. The molecule has 3 heterocycles. The first-order valence-corrected chi connectivity index (χ1v) is 13.6. The molecule has 3 amide bonds. The van der Waals surface area contributed by atoms with Crippen LogP contribution in [0.4, 0.5) is 13.2 Å². The average molecular weight is 585 g/mol. The van der Waals surface area contributed by atoms with E-state index in [-0.39, 0.29) is 23.8 Å². The maximum atomic E-state index is 13.9. The van der Waals surface area contributed by atoms with E-state index < -0.39 is 53.7 Å². The lowest BCUT2D eigenvalue weighted by Gasteiger charge is -2.35. The van der Waals surface area contributed by atoms with Crippen molar-refractivity contribution < 1.29 is 32.3 Å². The Morgan fingerprint density at radius 3 is 2.52 bits per heavy atom. The Labute approximate surface area is 240 Å². The Hall–Kier alpha value is -4.10. The Morgan fingerprint density at radius 2 is 1.93 bits per heavy atom. The molecule has 2 N–H and O–H groups in total. The summed E-state index contributed by atoms with van der Waals surface area (Å²) >= 11 is 0. The summed E-state index contributed by atoms with van der Waals surface area (Å²) in [7, 11) is 0. The van der Waals surface area contributed by atoms with E-state index >= 15 is 0 Å². The molecule has 2 aromatic heterocycles. The Bertz CT molecular complexity index is 1530. The molecule has 10 nitrogen and oxygen atoms in total. The lowest BCUT2D eigenvalue weighted by atomic mass is 9.98. The van der Waals surface area contributed by atoms with Crippen molar-refractivity contribution in [1.29, 1.82) is 5.26 Å². The van der Waals surface area contributed by atoms with E-state index in [0.717, 1.165) is 0 Å². The van der Waals surface area contributed by atoms with Gasteiger partial charge in [-0.2, -0.15) is 23.5 Å². The molecular weight excluding hydrogens is 553 g/mol. The van der Waals surface area contributed by atoms with Crippen molar-refractivity contribution in [2.45, 2.75) is 76.5 Å². The van der Waals surface area contributed by atoms with Crippen molar-refractivity contribution in [3.8, 4) is 18.4 Å². The van der Waals surface area contributed by atoms with Gasteiger partial charge in [0.1, 0.15) is 18.1 Å². The quantitative estimate of drug-likeness (QED) is 0.459.